The van der Waals surface area contributed by atoms with Crippen LogP contribution in [0.5, 0.6) is 0 Å². The summed E-state index contributed by atoms with van der Waals surface area (Å²) in [5.41, 5.74) is 7.67. The molecule has 2 rings (SSSR count). The van der Waals surface area contributed by atoms with Crippen LogP contribution < -0.4 is 10.6 Å². The van der Waals surface area contributed by atoms with Crippen LogP contribution in [-0.4, -0.2) is 30.8 Å². The van der Waals surface area contributed by atoms with E-state index >= 15 is 0 Å². The SMILES string of the molecule is C[C@@H]1COCCN1c1ccncc1N. The van der Waals surface area contributed by atoms with E-state index in [-0.39, 0.29) is 0 Å². The minimum absolute atomic E-state index is 0.383. The molecule has 1 atom stereocenters. The van der Waals surface area contributed by atoms with E-state index in [0.717, 1.165) is 31.1 Å². The Hall–Kier alpha value is -1.29. The van der Waals surface area contributed by atoms with E-state index in [4.69, 9.17) is 10.5 Å². The third kappa shape index (κ3) is 1.65. The van der Waals surface area contributed by atoms with Crippen LogP contribution in [-0.2, 0) is 4.74 Å². The molecular weight excluding hydrogens is 178 g/mol. The number of ether oxygens (including phenoxy) is 1. The molecule has 1 fully saturated rings. The van der Waals surface area contributed by atoms with E-state index in [2.05, 4.69) is 16.8 Å². The number of hydrogen-bond donors (Lipinski definition) is 1. The maximum absolute atomic E-state index is 5.87. The zero-order valence-electron chi connectivity index (χ0n) is 8.31. The van der Waals surface area contributed by atoms with Crippen molar-refractivity contribution in [3.63, 3.8) is 0 Å². The highest BCUT2D eigenvalue weighted by molar-refractivity contribution is 5.66. The number of pyridine rings is 1. The van der Waals surface area contributed by atoms with Crippen molar-refractivity contribution in [2.45, 2.75) is 13.0 Å². The summed E-state index contributed by atoms with van der Waals surface area (Å²) in [6.45, 7) is 4.57. The first-order chi connectivity index (χ1) is 6.79. The van der Waals surface area contributed by atoms with Crippen LogP contribution in [0.4, 0.5) is 11.4 Å². The molecule has 0 spiro atoms. The van der Waals surface area contributed by atoms with Gasteiger partial charge in [0.1, 0.15) is 0 Å². The molecule has 0 amide bonds. The first kappa shape index (κ1) is 9.27. The van der Waals surface area contributed by atoms with E-state index in [0.29, 0.717) is 6.04 Å². The first-order valence-corrected chi connectivity index (χ1v) is 4.83. The van der Waals surface area contributed by atoms with E-state index in [1.807, 2.05) is 6.07 Å². The number of nitrogens with zero attached hydrogens (tertiary/aromatic N) is 2. The number of nitrogens with two attached hydrogens (primary N) is 1. The standard InChI is InChI=1S/C10H15N3O/c1-8-7-14-5-4-13(8)10-2-3-12-6-9(10)11/h2-3,6,8H,4-5,7,11H2,1H3/t8-/m1/s1. The van der Waals surface area contributed by atoms with Crippen molar-refractivity contribution in [1.29, 1.82) is 0 Å². The monoisotopic (exact) mass is 193 g/mol. The summed E-state index contributed by atoms with van der Waals surface area (Å²) in [5.74, 6) is 0. The molecule has 4 nitrogen and oxygen atoms in total. The van der Waals surface area contributed by atoms with Gasteiger partial charge in [0.05, 0.1) is 30.8 Å². The van der Waals surface area contributed by atoms with Crippen molar-refractivity contribution >= 4 is 11.4 Å². The fourth-order valence-corrected chi connectivity index (χ4v) is 1.75. The van der Waals surface area contributed by atoms with E-state index in [1.54, 1.807) is 12.4 Å². The van der Waals surface area contributed by atoms with Crippen LogP contribution in [0.3, 0.4) is 0 Å². The van der Waals surface area contributed by atoms with Crippen LogP contribution in [0.25, 0.3) is 0 Å². The Bertz CT molecular complexity index is 316. The first-order valence-electron chi connectivity index (χ1n) is 4.83. The Morgan fingerprint density at radius 3 is 3.21 bits per heavy atom. The molecule has 1 aromatic heterocycles. The van der Waals surface area contributed by atoms with E-state index in [9.17, 15) is 0 Å². The summed E-state index contributed by atoms with van der Waals surface area (Å²) in [7, 11) is 0. The zero-order valence-corrected chi connectivity index (χ0v) is 8.31. The third-order valence-electron chi connectivity index (χ3n) is 2.50. The van der Waals surface area contributed by atoms with Crippen LogP contribution in [0.15, 0.2) is 18.5 Å². The van der Waals surface area contributed by atoms with Crippen LogP contribution in [0, 0.1) is 0 Å². The van der Waals surface area contributed by atoms with Gasteiger partial charge < -0.3 is 15.4 Å². The lowest BCUT2D eigenvalue weighted by Gasteiger charge is -2.35. The highest BCUT2D eigenvalue weighted by atomic mass is 16.5. The Balaban J connectivity index is 2.25. The van der Waals surface area contributed by atoms with Gasteiger partial charge in [0, 0.05) is 18.8 Å². The molecule has 0 aromatic carbocycles. The fraction of sp³-hybridized carbons (Fsp3) is 0.500. The predicted octanol–water partition coefficient (Wildman–Crippen LogP) is 0.889. The summed E-state index contributed by atoms with van der Waals surface area (Å²) < 4.78 is 5.38. The van der Waals surface area contributed by atoms with E-state index in [1.165, 1.54) is 0 Å². The molecule has 0 saturated carbocycles. The van der Waals surface area contributed by atoms with Crippen molar-refractivity contribution in [2.75, 3.05) is 30.4 Å². The fourth-order valence-electron chi connectivity index (χ4n) is 1.75. The smallest absolute Gasteiger partial charge is 0.0738 e. The predicted molar refractivity (Wildman–Crippen MR) is 56.3 cm³/mol. The van der Waals surface area contributed by atoms with Crippen molar-refractivity contribution in [2.24, 2.45) is 0 Å². The van der Waals surface area contributed by atoms with Gasteiger partial charge in [-0.3, -0.25) is 4.98 Å². The second-order valence-corrected chi connectivity index (χ2v) is 3.55. The number of morpholine rings is 1. The van der Waals surface area contributed by atoms with Crippen LogP contribution >= 0.6 is 0 Å². The molecule has 0 bridgehead atoms. The topological polar surface area (TPSA) is 51.4 Å². The molecule has 14 heavy (non-hydrogen) atoms. The molecule has 2 heterocycles. The van der Waals surface area contributed by atoms with Gasteiger partial charge in [0.2, 0.25) is 0 Å². The summed E-state index contributed by atoms with van der Waals surface area (Å²) in [6, 6.07) is 2.34. The van der Waals surface area contributed by atoms with Gasteiger partial charge in [-0.05, 0) is 13.0 Å². The Morgan fingerprint density at radius 2 is 2.50 bits per heavy atom. The normalized spacial score (nSPS) is 22.4. The summed E-state index contributed by atoms with van der Waals surface area (Å²) in [5, 5.41) is 0. The summed E-state index contributed by atoms with van der Waals surface area (Å²) in [4.78, 5) is 6.25. The van der Waals surface area contributed by atoms with Crippen LogP contribution in [0.1, 0.15) is 6.92 Å². The second kappa shape index (κ2) is 3.84. The quantitative estimate of drug-likeness (QED) is 0.719. The third-order valence-corrected chi connectivity index (χ3v) is 2.50. The minimum Gasteiger partial charge on any atom is -0.396 e. The lowest BCUT2D eigenvalue weighted by atomic mass is 10.2. The highest BCUT2D eigenvalue weighted by Gasteiger charge is 2.20. The van der Waals surface area contributed by atoms with Gasteiger partial charge in [-0.15, -0.1) is 0 Å². The molecule has 1 aliphatic heterocycles. The lowest BCUT2D eigenvalue weighted by molar-refractivity contribution is 0.0990. The van der Waals surface area contributed by atoms with Crippen LogP contribution in [0.2, 0.25) is 0 Å². The maximum Gasteiger partial charge on any atom is 0.0738 e. The molecule has 76 valence electrons. The number of rotatable bonds is 1. The maximum atomic E-state index is 5.87. The number of aromatic nitrogens is 1. The average Bonchev–Trinajstić information content (AvgIpc) is 2.20. The highest BCUT2D eigenvalue weighted by Crippen LogP contribution is 2.24. The summed E-state index contributed by atoms with van der Waals surface area (Å²) in [6.07, 6.45) is 3.46. The molecule has 0 unspecified atom stereocenters. The Kier molecular flexibility index (Phi) is 2.54. The molecule has 4 heteroatoms. The number of hydrogen-bond acceptors (Lipinski definition) is 4. The lowest BCUT2D eigenvalue weighted by Crippen LogP contribution is -2.44. The largest absolute Gasteiger partial charge is 0.396 e. The van der Waals surface area contributed by atoms with Crippen molar-refractivity contribution < 1.29 is 4.74 Å². The van der Waals surface area contributed by atoms with Crippen molar-refractivity contribution in [1.82, 2.24) is 4.98 Å². The molecule has 1 aliphatic rings. The molecule has 1 saturated heterocycles. The molecule has 0 aliphatic carbocycles. The van der Waals surface area contributed by atoms with Gasteiger partial charge in [0.25, 0.3) is 0 Å². The Morgan fingerprint density at radius 1 is 1.64 bits per heavy atom. The van der Waals surface area contributed by atoms with Gasteiger partial charge in [0.15, 0.2) is 0 Å². The Labute approximate surface area is 83.7 Å². The molecule has 2 N–H and O–H groups in total. The second-order valence-electron chi connectivity index (χ2n) is 3.55. The van der Waals surface area contributed by atoms with Gasteiger partial charge >= 0.3 is 0 Å². The average molecular weight is 193 g/mol. The van der Waals surface area contributed by atoms with Gasteiger partial charge in [-0.1, -0.05) is 0 Å². The number of nitrogen functional groups attached to an aromatic ring is 1. The van der Waals surface area contributed by atoms with Crippen molar-refractivity contribution in [3.05, 3.63) is 18.5 Å². The van der Waals surface area contributed by atoms with Gasteiger partial charge in [-0.25, -0.2) is 0 Å². The number of anilines is 2. The van der Waals surface area contributed by atoms with Gasteiger partial charge in [-0.2, -0.15) is 0 Å². The molecule has 0 radical (unpaired) electrons. The molecular formula is C10H15N3O. The summed E-state index contributed by atoms with van der Waals surface area (Å²) >= 11 is 0. The molecule has 1 aromatic rings. The minimum atomic E-state index is 0.383. The van der Waals surface area contributed by atoms with E-state index < -0.39 is 0 Å². The zero-order chi connectivity index (χ0) is 9.97. The van der Waals surface area contributed by atoms with Crippen molar-refractivity contribution in [3.8, 4) is 0 Å².